The predicted molar refractivity (Wildman–Crippen MR) is 50.5 cm³/mol. The van der Waals surface area contributed by atoms with E-state index in [1.165, 1.54) is 6.20 Å². The summed E-state index contributed by atoms with van der Waals surface area (Å²) in [6.45, 7) is 0. The molecule has 2 aromatic heterocycles. The van der Waals surface area contributed by atoms with Crippen LogP contribution in [0.25, 0.3) is 5.82 Å². The predicted octanol–water partition coefficient (Wildman–Crippen LogP) is -0.0573. The fourth-order valence-corrected chi connectivity index (χ4v) is 1.13. The van der Waals surface area contributed by atoms with Crippen molar-refractivity contribution in [3.05, 3.63) is 30.1 Å². The van der Waals surface area contributed by atoms with Gasteiger partial charge in [0.25, 0.3) is 0 Å². The number of hydrogen-bond donors (Lipinski definition) is 2. The quantitative estimate of drug-likeness (QED) is 0.711. The average molecular weight is 205 g/mol. The molecule has 0 aliphatic carbocycles. The summed E-state index contributed by atoms with van der Waals surface area (Å²) in [6, 6.07) is 5.04. The lowest BCUT2D eigenvalue weighted by Gasteiger charge is -2.00. The van der Waals surface area contributed by atoms with E-state index in [1.54, 1.807) is 18.2 Å². The molecule has 2 heterocycles. The van der Waals surface area contributed by atoms with Crippen LogP contribution in [0.4, 0.5) is 5.82 Å². The summed E-state index contributed by atoms with van der Waals surface area (Å²) in [7, 11) is 0. The second-order valence-electron chi connectivity index (χ2n) is 2.73. The first-order valence-corrected chi connectivity index (χ1v) is 4.06. The van der Waals surface area contributed by atoms with Gasteiger partial charge >= 0.3 is 5.97 Å². The van der Waals surface area contributed by atoms with E-state index in [4.69, 9.17) is 10.8 Å². The highest BCUT2D eigenvalue weighted by Crippen LogP contribution is 2.11. The average Bonchev–Trinajstić information content (AvgIpc) is 2.61. The molecule has 0 saturated carbocycles. The normalized spacial score (nSPS) is 10.1. The topological polar surface area (TPSA) is 107 Å². The van der Waals surface area contributed by atoms with Gasteiger partial charge in [-0.1, -0.05) is 11.3 Å². The zero-order valence-electron chi connectivity index (χ0n) is 7.53. The molecule has 2 rings (SSSR count). The van der Waals surface area contributed by atoms with Crippen LogP contribution in [0.3, 0.4) is 0 Å². The molecular weight excluding hydrogens is 198 g/mol. The number of nitrogen functional groups attached to an aromatic ring is 1. The number of carboxylic acid groups (broad SMARTS) is 1. The van der Waals surface area contributed by atoms with E-state index in [-0.39, 0.29) is 11.5 Å². The largest absolute Gasteiger partial charge is 0.476 e. The summed E-state index contributed by atoms with van der Waals surface area (Å²) >= 11 is 0. The number of hydrogen-bond acceptors (Lipinski definition) is 5. The van der Waals surface area contributed by atoms with Crippen LogP contribution in [-0.2, 0) is 0 Å². The molecule has 0 aromatic carbocycles. The number of pyridine rings is 1. The SMILES string of the molecule is Nc1nnn(-c2ccccn2)c1C(=O)O. The molecule has 0 amide bonds. The minimum atomic E-state index is -1.19. The molecule has 0 aliphatic heterocycles. The number of anilines is 1. The van der Waals surface area contributed by atoms with Gasteiger partial charge in [-0.2, -0.15) is 4.68 Å². The summed E-state index contributed by atoms with van der Waals surface area (Å²) in [4.78, 5) is 14.8. The molecule has 76 valence electrons. The Hall–Kier alpha value is -2.44. The van der Waals surface area contributed by atoms with Crippen LogP contribution in [0.5, 0.6) is 0 Å². The van der Waals surface area contributed by atoms with E-state index < -0.39 is 5.97 Å². The monoisotopic (exact) mass is 205 g/mol. The second kappa shape index (κ2) is 3.37. The third kappa shape index (κ3) is 1.50. The Morgan fingerprint density at radius 3 is 2.87 bits per heavy atom. The maximum atomic E-state index is 10.9. The Bertz CT molecular complexity index is 493. The van der Waals surface area contributed by atoms with Gasteiger partial charge in [-0.05, 0) is 12.1 Å². The van der Waals surface area contributed by atoms with E-state index in [2.05, 4.69) is 15.3 Å². The molecule has 7 nitrogen and oxygen atoms in total. The van der Waals surface area contributed by atoms with E-state index >= 15 is 0 Å². The Balaban J connectivity index is 2.59. The molecule has 2 aromatic rings. The molecule has 0 fully saturated rings. The van der Waals surface area contributed by atoms with Gasteiger partial charge in [0, 0.05) is 6.20 Å². The smallest absolute Gasteiger partial charge is 0.358 e. The molecule has 7 heteroatoms. The highest BCUT2D eigenvalue weighted by atomic mass is 16.4. The molecule has 0 atom stereocenters. The third-order valence-corrected chi connectivity index (χ3v) is 1.77. The van der Waals surface area contributed by atoms with Gasteiger partial charge in [0.1, 0.15) is 0 Å². The van der Waals surface area contributed by atoms with Gasteiger partial charge in [-0.25, -0.2) is 9.78 Å². The minimum absolute atomic E-state index is 0.131. The van der Waals surface area contributed by atoms with Crippen molar-refractivity contribution in [2.75, 3.05) is 5.73 Å². The standard InChI is InChI=1S/C8H7N5O2/c9-7-6(8(14)15)13(12-11-7)5-3-1-2-4-10-5/h1-4H,9H2,(H,14,15). The van der Waals surface area contributed by atoms with Crippen LogP contribution in [0, 0.1) is 0 Å². The molecule has 0 bridgehead atoms. The third-order valence-electron chi connectivity index (χ3n) is 1.77. The first-order valence-electron chi connectivity index (χ1n) is 4.06. The highest BCUT2D eigenvalue weighted by Gasteiger charge is 2.18. The van der Waals surface area contributed by atoms with Crippen molar-refractivity contribution in [3.63, 3.8) is 0 Å². The molecular formula is C8H7N5O2. The van der Waals surface area contributed by atoms with Crippen molar-refractivity contribution in [1.82, 2.24) is 20.0 Å². The lowest BCUT2D eigenvalue weighted by Crippen LogP contribution is -2.10. The summed E-state index contributed by atoms with van der Waals surface area (Å²) in [6.07, 6.45) is 1.53. The molecule has 0 aliphatic rings. The molecule has 0 radical (unpaired) electrons. The van der Waals surface area contributed by atoms with Gasteiger partial charge in [0.2, 0.25) is 0 Å². The minimum Gasteiger partial charge on any atom is -0.476 e. The van der Waals surface area contributed by atoms with Crippen molar-refractivity contribution in [2.24, 2.45) is 0 Å². The van der Waals surface area contributed by atoms with Gasteiger partial charge in [-0.15, -0.1) is 5.10 Å². The van der Waals surface area contributed by atoms with Crippen LogP contribution in [0.1, 0.15) is 10.5 Å². The van der Waals surface area contributed by atoms with Gasteiger partial charge < -0.3 is 10.8 Å². The van der Waals surface area contributed by atoms with E-state index in [9.17, 15) is 4.79 Å². The second-order valence-corrected chi connectivity index (χ2v) is 2.73. The Kier molecular flexibility index (Phi) is 2.05. The van der Waals surface area contributed by atoms with E-state index in [0.29, 0.717) is 5.82 Å². The van der Waals surface area contributed by atoms with Crippen LogP contribution >= 0.6 is 0 Å². The van der Waals surface area contributed by atoms with Crippen molar-refractivity contribution in [2.45, 2.75) is 0 Å². The first-order chi connectivity index (χ1) is 7.20. The Morgan fingerprint density at radius 1 is 1.47 bits per heavy atom. The molecule has 0 saturated heterocycles. The summed E-state index contributed by atoms with van der Waals surface area (Å²) in [5.41, 5.74) is 5.19. The van der Waals surface area contributed by atoms with Crippen molar-refractivity contribution >= 4 is 11.8 Å². The number of nitrogens with two attached hydrogens (primary N) is 1. The number of nitrogens with zero attached hydrogens (tertiary/aromatic N) is 4. The van der Waals surface area contributed by atoms with Crippen molar-refractivity contribution in [3.8, 4) is 5.82 Å². The lowest BCUT2D eigenvalue weighted by atomic mass is 10.4. The zero-order valence-corrected chi connectivity index (χ0v) is 7.53. The van der Waals surface area contributed by atoms with E-state index in [1.807, 2.05) is 0 Å². The number of carbonyl (C=O) groups is 1. The molecule has 3 N–H and O–H groups in total. The maximum absolute atomic E-state index is 10.9. The number of aromatic nitrogens is 4. The molecule has 0 unspecified atom stereocenters. The number of rotatable bonds is 2. The summed E-state index contributed by atoms with van der Waals surface area (Å²) < 4.78 is 1.08. The zero-order chi connectivity index (χ0) is 10.8. The molecule has 0 spiro atoms. The van der Waals surface area contributed by atoms with Gasteiger partial charge in [-0.3, -0.25) is 0 Å². The Labute approximate surface area is 84.2 Å². The maximum Gasteiger partial charge on any atom is 0.358 e. The first kappa shape index (κ1) is 9.13. The van der Waals surface area contributed by atoms with Crippen molar-refractivity contribution < 1.29 is 9.90 Å². The highest BCUT2D eigenvalue weighted by molar-refractivity contribution is 5.90. The van der Waals surface area contributed by atoms with Gasteiger partial charge in [0.15, 0.2) is 17.3 Å². The van der Waals surface area contributed by atoms with Crippen LogP contribution in [-0.4, -0.2) is 31.1 Å². The van der Waals surface area contributed by atoms with Crippen LogP contribution < -0.4 is 5.73 Å². The summed E-state index contributed by atoms with van der Waals surface area (Å²) in [5, 5.41) is 16.0. The van der Waals surface area contributed by atoms with Crippen LogP contribution in [0.2, 0.25) is 0 Å². The number of aromatic carboxylic acids is 1. The fourth-order valence-electron chi connectivity index (χ4n) is 1.13. The molecule has 15 heavy (non-hydrogen) atoms. The van der Waals surface area contributed by atoms with Crippen LogP contribution in [0.15, 0.2) is 24.4 Å². The number of carboxylic acids is 1. The van der Waals surface area contributed by atoms with E-state index in [0.717, 1.165) is 4.68 Å². The Morgan fingerprint density at radius 2 is 2.27 bits per heavy atom. The fraction of sp³-hybridized carbons (Fsp3) is 0. The lowest BCUT2D eigenvalue weighted by molar-refractivity contribution is 0.0688. The van der Waals surface area contributed by atoms with Gasteiger partial charge in [0.05, 0.1) is 0 Å². The van der Waals surface area contributed by atoms with Crippen molar-refractivity contribution in [1.29, 1.82) is 0 Å². The summed E-state index contributed by atoms with van der Waals surface area (Å²) in [5.74, 6) is -0.963.